The summed E-state index contributed by atoms with van der Waals surface area (Å²) in [5.74, 6) is -1.32. The predicted octanol–water partition coefficient (Wildman–Crippen LogP) is 1.19. The third-order valence-electron chi connectivity index (χ3n) is 1.48. The van der Waals surface area contributed by atoms with Crippen LogP contribution in [0.25, 0.3) is 0 Å². The van der Waals surface area contributed by atoms with Crippen molar-refractivity contribution in [2.24, 2.45) is 5.16 Å². The van der Waals surface area contributed by atoms with Crippen LogP contribution in [0.2, 0.25) is 4.34 Å². The van der Waals surface area contributed by atoms with Gasteiger partial charge < -0.3 is 15.3 Å². The summed E-state index contributed by atoms with van der Waals surface area (Å²) in [5.41, 5.74) is -0.450. The maximum absolute atomic E-state index is 10.9. The van der Waals surface area contributed by atoms with Crippen LogP contribution in [0.1, 0.15) is 12.6 Å². The second-order valence-electron chi connectivity index (χ2n) is 2.57. The first-order chi connectivity index (χ1) is 8.10. The van der Waals surface area contributed by atoms with Crippen molar-refractivity contribution in [3.05, 3.63) is 10.0 Å². The molecule has 1 aromatic heterocycles. The van der Waals surface area contributed by atoms with Crippen LogP contribution >= 0.6 is 22.9 Å². The van der Waals surface area contributed by atoms with E-state index < -0.39 is 11.7 Å². The standard InChI is InChI=1S/C8H8ClN3O4S/c1-2-16-12-5(7(14)15)4-6(9)17-8(11-4)10-3-13/h3H,2H2,1H3,(H,14,15)(H,10,11,13)/b12-5-. The first-order valence-electron chi connectivity index (χ1n) is 4.40. The van der Waals surface area contributed by atoms with Crippen LogP contribution in [-0.4, -0.2) is 34.8 Å². The van der Waals surface area contributed by atoms with Crippen LogP contribution in [0.3, 0.4) is 0 Å². The molecule has 0 aromatic carbocycles. The van der Waals surface area contributed by atoms with E-state index in [9.17, 15) is 9.59 Å². The van der Waals surface area contributed by atoms with Crippen LogP contribution in [0.4, 0.5) is 5.13 Å². The lowest BCUT2D eigenvalue weighted by Gasteiger charge is -1.98. The number of halogens is 1. The molecular formula is C8H8ClN3O4S. The maximum Gasteiger partial charge on any atom is 0.360 e. The summed E-state index contributed by atoms with van der Waals surface area (Å²) in [6.07, 6.45) is 0.416. The van der Waals surface area contributed by atoms with E-state index >= 15 is 0 Å². The fraction of sp³-hybridized carbons (Fsp3) is 0.250. The lowest BCUT2D eigenvalue weighted by Crippen LogP contribution is -2.16. The first-order valence-corrected chi connectivity index (χ1v) is 5.59. The number of amides is 1. The minimum Gasteiger partial charge on any atom is -0.476 e. The van der Waals surface area contributed by atoms with Crippen molar-refractivity contribution in [1.82, 2.24) is 4.98 Å². The lowest BCUT2D eigenvalue weighted by molar-refractivity contribution is -0.129. The van der Waals surface area contributed by atoms with Gasteiger partial charge in [-0.1, -0.05) is 28.1 Å². The monoisotopic (exact) mass is 277 g/mol. The Morgan fingerprint density at radius 1 is 1.76 bits per heavy atom. The number of nitrogens with one attached hydrogen (secondary N) is 1. The van der Waals surface area contributed by atoms with Crippen molar-refractivity contribution in [1.29, 1.82) is 0 Å². The zero-order valence-electron chi connectivity index (χ0n) is 8.64. The van der Waals surface area contributed by atoms with Crippen LogP contribution in [-0.2, 0) is 14.4 Å². The van der Waals surface area contributed by atoms with Crippen LogP contribution in [0.15, 0.2) is 5.16 Å². The van der Waals surface area contributed by atoms with Gasteiger partial charge in [0.05, 0.1) is 0 Å². The Morgan fingerprint density at radius 2 is 2.47 bits per heavy atom. The Labute approximate surface area is 105 Å². The highest BCUT2D eigenvalue weighted by Gasteiger charge is 2.22. The van der Waals surface area contributed by atoms with E-state index in [2.05, 4.69) is 20.3 Å². The number of hydrogen-bond donors (Lipinski definition) is 2. The van der Waals surface area contributed by atoms with Gasteiger partial charge in [0.25, 0.3) is 0 Å². The van der Waals surface area contributed by atoms with Gasteiger partial charge in [0.2, 0.25) is 12.1 Å². The maximum atomic E-state index is 10.9. The average Bonchev–Trinajstić information content (AvgIpc) is 2.61. The smallest absolute Gasteiger partial charge is 0.360 e. The third kappa shape index (κ3) is 3.40. The quantitative estimate of drug-likeness (QED) is 0.462. The Kier molecular flexibility index (Phi) is 4.85. The van der Waals surface area contributed by atoms with Gasteiger partial charge in [-0.3, -0.25) is 4.79 Å². The van der Waals surface area contributed by atoms with Gasteiger partial charge in [0.15, 0.2) is 5.13 Å². The number of carbonyl (C=O) groups excluding carboxylic acids is 1. The molecule has 0 bridgehead atoms. The van der Waals surface area contributed by atoms with Crippen molar-refractivity contribution < 1.29 is 19.5 Å². The number of anilines is 1. The topological polar surface area (TPSA) is 101 Å². The molecule has 0 spiro atoms. The highest BCUT2D eigenvalue weighted by Crippen LogP contribution is 2.28. The molecule has 1 amide bonds. The van der Waals surface area contributed by atoms with Gasteiger partial charge in [0, 0.05) is 0 Å². The highest BCUT2D eigenvalue weighted by molar-refractivity contribution is 7.20. The van der Waals surface area contributed by atoms with E-state index in [1.807, 2.05) is 0 Å². The van der Waals surface area contributed by atoms with Crippen molar-refractivity contribution >= 4 is 46.2 Å². The molecule has 17 heavy (non-hydrogen) atoms. The van der Waals surface area contributed by atoms with E-state index in [-0.39, 0.29) is 21.8 Å². The SMILES string of the molecule is CCO/N=C(\C(=O)O)c1nc(NC=O)sc1Cl. The van der Waals surface area contributed by atoms with Gasteiger partial charge in [-0.15, -0.1) is 0 Å². The molecule has 7 nitrogen and oxygen atoms in total. The number of oxime groups is 1. The number of aromatic nitrogens is 1. The van der Waals surface area contributed by atoms with Gasteiger partial charge >= 0.3 is 5.97 Å². The molecule has 0 aliphatic rings. The summed E-state index contributed by atoms with van der Waals surface area (Å²) in [5, 5.41) is 14.8. The fourth-order valence-corrected chi connectivity index (χ4v) is 1.88. The van der Waals surface area contributed by atoms with E-state index in [1.165, 1.54) is 0 Å². The number of aliphatic carboxylic acids is 1. The summed E-state index contributed by atoms with van der Waals surface area (Å²) in [4.78, 5) is 29.6. The minimum atomic E-state index is -1.32. The lowest BCUT2D eigenvalue weighted by atomic mass is 10.3. The van der Waals surface area contributed by atoms with Crippen molar-refractivity contribution in [2.45, 2.75) is 6.92 Å². The number of carbonyl (C=O) groups is 2. The molecule has 9 heteroatoms. The Bertz CT molecular complexity index is 460. The molecule has 0 fully saturated rings. The molecule has 0 atom stereocenters. The zero-order chi connectivity index (χ0) is 12.8. The fourth-order valence-electron chi connectivity index (χ4n) is 0.872. The van der Waals surface area contributed by atoms with E-state index in [1.54, 1.807) is 6.92 Å². The Hall–Kier alpha value is -1.67. The minimum absolute atomic E-state index is 0.0398. The molecule has 0 radical (unpaired) electrons. The van der Waals surface area contributed by atoms with Crippen LogP contribution in [0, 0.1) is 0 Å². The molecule has 0 aliphatic heterocycles. The molecular weight excluding hydrogens is 270 g/mol. The summed E-state index contributed by atoms with van der Waals surface area (Å²) in [7, 11) is 0. The zero-order valence-corrected chi connectivity index (χ0v) is 10.2. The normalized spacial score (nSPS) is 11.1. The van der Waals surface area contributed by atoms with E-state index in [4.69, 9.17) is 16.7 Å². The van der Waals surface area contributed by atoms with Gasteiger partial charge in [-0.05, 0) is 6.92 Å². The summed E-state index contributed by atoms with van der Waals surface area (Å²) >= 11 is 6.73. The first kappa shape index (κ1) is 13.4. The molecule has 2 N–H and O–H groups in total. The summed E-state index contributed by atoms with van der Waals surface area (Å²) in [6.45, 7) is 1.88. The second-order valence-corrected chi connectivity index (χ2v) is 4.17. The molecule has 0 aliphatic carbocycles. The van der Waals surface area contributed by atoms with Crippen LogP contribution < -0.4 is 5.32 Å². The van der Waals surface area contributed by atoms with E-state index in [0.717, 1.165) is 11.3 Å². The predicted molar refractivity (Wildman–Crippen MR) is 62.6 cm³/mol. The van der Waals surface area contributed by atoms with Crippen molar-refractivity contribution in [2.75, 3.05) is 11.9 Å². The van der Waals surface area contributed by atoms with E-state index in [0.29, 0.717) is 6.41 Å². The number of nitrogens with zero attached hydrogens (tertiary/aromatic N) is 2. The van der Waals surface area contributed by atoms with Crippen molar-refractivity contribution in [3.8, 4) is 0 Å². The van der Waals surface area contributed by atoms with Gasteiger partial charge in [-0.25, -0.2) is 9.78 Å². The second kappa shape index (κ2) is 6.16. The molecule has 0 unspecified atom stereocenters. The number of rotatable bonds is 6. The number of thiazole rings is 1. The highest BCUT2D eigenvalue weighted by atomic mass is 35.5. The molecule has 1 aromatic rings. The van der Waals surface area contributed by atoms with Crippen molar-refractivity contribution in [3.63, 3.8) is 0 Å². The molecule has 92 valence electrons. The van der Waals surface area contributed by atoms with Gasteiger partial charge in [0.1, 0.15) is 16.6 Å². The Balaban J connectivity index is 3.09. The van der Waals surface area contributed by atoms with Gasteiger partial charge in [-0.2, -0.15) is 0 Å². The Morgan fingerprint density at radius 3 is 3.00 bits per heavy atom. The number of carboxylic acid groups (broad SMARTS) is 1. The summed E-state index contributed by atoms with van der Waals surface area (Å²) in [6, 6.07) is 0. The molecule has 1 rings (SSSR count). The molecule has 1 heterocycles. The average molecular weight is 278 g/mol. The number of carboxylic acids is 1. The largest absolute Gasteiger partial charge is 0.476 e. The molecule has 0 saturated heterocycles. The van der Waals surface area contributed by atoms with Crippen LogP contribution in [0.5, 0.6) is 0 Å². The summed E-state index contributed by atoms with van der Waals surface area (Å²) < 4.78 is 0.107. The third-order valence-corrected chi connectivity index (χ3v) is 2.67. The molecule has 0 saturated carbocycles. The number of hydrogen-bond acceptors (Lipinski definition) is 6.